The van der Waals surface area contributed by atoms with Crippen LogP contribution >= 0.6 is 0 Å². The molecule has 0 radical (unpaired) electrons. The van der Waals surface area contributed by atoms with Crippen molar-refractivity contribution in [2.24, 2.45) is 0 Å². The van der Waals surface area contributed by atoms with Gasteiger partial charge in [-0.05, 0) is 0 Å². The first-order chi connectivity index (χ1) is 2.00. The van der Waals surface area contributed by atoms with E-state index in [1.54, 1.807) is 20.8 Å². The van der Waals surface area contributed by atoms with Crippen molar-refractivity contribution in [3.63, 3.8) is 0 Å². The Morgan fingerprint density at radius 2 is 1.17 bits per heavy atom. The minimum atomic E-state index is -0.750. The fraction of sp³-hybridized carbons (Fsp3) is 1.00. The van der Waals surface area contributed by atoms with E-state index in [2.05, 4.69) is 0 Å². The summed E-state index contributed by atoms with van der Waals surface area (Å²) in [6.45, 7) is 4.90. The second-order valence-electron chi connectivity index (χ2n) is 2.11. The molecule has 0 aromatic carbocycles. The van der Waals surface area contributed by atoms with Crippen LogP contribution in [0.4, 0.5) is 0 Å². The predicted molar refractivity (Wildman–Crippen MR) is 19.8 cm³/mol. The molecular weight excluding hydrogens is 79.0 g/mol. The van der Waals surface area contributed by atoms with Crippen LogP contribution in [-0.4, -0.2) is 5.60 Å². The molecule has 0 aliphatic rings. The van der Waals surface area contributed by atoms with E-state index in [1.807, 2.05) is 0 Å². The molecule has 0 amide bonds. The van der Waals surface area contributed by atoms with Crippen LogP contribution in [-0.2, 0) is 0 Å². The van der Waals surface area contributed by atoms with Crippen molar-refractivity contribution in [3.05, 3.63) is 0 Å². The SMILES string of the molecule is CC(C)(C)[O-].[15Na+]. The van der Waals surface area contributed by atoms with Crippen LogP contribution in [0.5, 0.6) is 0 Å². The summed E-state index contributed by atoms with van der Waals surface area (Å²) in [5.74, 6) is 0. The van der Waals surface area contributed by atoms with Gasteiger partial charge in [-0.1, -0.05) is 20.8 Å². The number of hydrogen-bond donors (Lipinski definition) is 0. The fourth-order valence-corrected chi connectivity index (χ4v) is 0. The van der Waals surface area contributed by atoms with Gasteiger partial charge in [0, 0.05) is 0 Å². The molecule has 0 rings (SSSR count). The second kappa shape index (κ2) is 3.03. The molecule has 0 saturated carbocycles. The molecule has 0 aliphatic carbocycles. The summed E-state index contributed by atoms with van der Waals surface area (Å²) in [6.07, 6.45) is 0. The van der Waals surface area contributed by atoms with Gasteiger partial charge in [-0.25, -0.2) is 0 Å². The minimum Gasteiger partial charge on any atom is -0.850 e. The molecule has 32 valence electrons. The van der Waals surface area contributed by atoms with E-state index in [1.165, 1.54) is 0 Å². The van der Waals surface area contributed by atoms with Gasteiger partial charge >= 0.3 is 29.6 Å². The van der Waals surface area contributed by atoms with Crippen molar-refractivity contribution in [1.29, 1.82) is 0 Å². The summed E-state index contributed by atoms with van der Waals surface area (Å²) in [5.41, 5.74) is -0.750. The Bertz CT molecular complexity index is 23.0. The van der Waals surface area contributed by atoms with Crippen LogP contribution < -0.4 is 34.7 Å². The normalized spacial score (nSPS) is 10.0. The maximum Gasteiger partial charge on any atom is 1.00 e. The first-order valence-electron chi connectivity index (χ1n) is 1.70. The first-order valence-corrected chi connectivity index (χ1v) is 1.70. The fourth-order valence-electron chi connectivity index (χ4n) is 0. The van der Waals surface area contributed by atoms with Crippen LogP contribution in [0, 0.1) is 0 Å². The molecule has 0 N–H and O–H groups in total. The largest absolute Gasteiger partial charge is 1.00 e. The molecule has 0 fully saturated rings. The Hall–Kier alpha value is 0.960. The Kier molecular flexibility index (Phi) is 5.07. The topological polar surface area (TPSA) is 23.1 Å². The maximum atomic E-state index is 10.1. The van der Waals surface area contributed by atoms with Crippen molar-refractivity contribution in [3.8, 4) is 0 Å². The van der Waals surface area contributed by atoms with Crippen LogP contribution in [0.3, 0.4) is 0 Å². The summed E-state index contributed by atoms with van der Waals surface area (Å²) >= 11 is 0. The van der Waals surface area contributed by atoms with Crippen molar-refractivity contribution < 1.29 is 34.7 Å². The summed E-state index contributed by atoms with van der Waals surface area (Å²) in [5, 5.41) is 10.1. The van der Waals surface area contributed by atoms with E-state index in [0.717, 1.165) is 0 Å². The van der Waals surface area contributed by atoms with E-state index >= 15 is 0 Å². The third-order valence-corrected chi connectivity index (χ3v) is 0. The molecular formula is C4H9NaO. The van der Waals surface area contributed by atoms with Gasteiger partial charge in [-0.3, -0.25) is 0 Å². The van der Waals surface area contributed by atoms with Crippen molar-refractivity contribution in [2.45, 2.75) is 26.4 Å². The molecule has 0 bridgehead atoms. The zero-order valence-electron chi connectivity index (χ0n) is 4.91. The minimum absolute atomic E-state index is 0. The summed E-state index contributed by atoms with van der Waals surface area (Å²) < 4.78 is 0. The second-order valence-corrected chi connectivity index (χ2v) is 2.11. The Morgan fingerprint density at radius 1 is 1.17 bits per heavy atom. The van der Waals surface area contributed by atoms with Gasteiger partial charge in [0.15, 0.2) is 0 Å². The average molecular weight is 88.1 g/mol. The van der Waals surface area contributed by atoms with Gasteiger partial charge in [0.1, 0.15) is 0 Å². The number of rotatable bonds is 0. The zero-order valence-corrected chi connectivity index (χ0v) is 6.91. The molecule has 0 atom stereocenters. The molecule has 1 nitrogen and oxygen atoms in total. The van der Waals surface area contributed by atoms with Gasteiger partial charge in [0.2, 0.25) is 0 Å². The van der Waals surface area contributed by atoms with E-state index in [0.29, 0.717) is 0 Å². The van der Waals surface area contributed by atoms with Crippen molar-refractivity contribution in [1.82, 2.24) is 0 Å². The average Bonchev–Trinajstić information content (AvgIpc) is 0.722. The van der Waals surface area contributed by atoms with Gasteiger partial charge in [-0.15, -0.1) is 5.60 Å². The van der Waals surface area contributed by atoms with Crippen LogP contribution in [0.25, 0.3) is 0 Å². The maximum absolute atomic E-state index is 10.1. The predicted octanol–water partition coefficient (Wildman–Crippen LogP) is -2.85. The third-order valence-electron chi connectivity index (χ3n) is 0. The molecule has 0 unspecified atom stereocenters. The molecule has 0 heterocycles. The standard InChI is InChI=1S/C4H9O.Na/c1-4(2,3)5;/h1-3H3;/q-1;+1/i;1-8. The molecule has 0 aromatic heterocycles. The van der Waals surface area contributed by atoms with Crippen LogP contribution in [0.15, 0.2) is 0 Å². The quantitative estimate of drug-likeness (QED) is 0.292. The molecule has 0 aliphatic heterocycles. The Balaban J connectivity index is 0. The van der Waals surface area contributed by atoms with Crippen LogP contribution in [0.2, 0.25) is 0 Å². The Labute approximate surface area is 61.0 Å². The number of hydrogen-bond acceptors (Lipinski definition) is 1. The Morgan fingerprint density at radius 3 is 1.17 bits per heavy atom. The van der Waals surface area contributed by atoms with Gasteiger partial charge in [0.25, 0.3) is 0 Å². The van der Waals surface area contributed by atoms with Crippen LogP contribution in [0.1, 0.15) is 20.8 Å². The molecule has 6 heavy (non-hydrogen) atoms. The van der Waals surface area contributed by atoms with E-state index in [4.69, 9.17) is 0 Å². The summed E-state index contributed by atoms with van der Waals surface area (Å²) in [7, 11) is 0. The first kappa shape index (κ1) is 10.0. The van der Waals surface area contributed by atoms with Gasteiger partial charge in [-0.2, -0.15) is 0 Å². The smallest absolute Gasteiger partial charge is 0.850 e. The van der Waals surface area contributed by atoms with E-state index in [-0.39, 0.29) is 29.6 Å². The molecule has 2 heteroatoms. The van der Waals surface area contributed by atoms with E-state index in [9.17, 15) is 5.11 Å². The summed E-state index contributed by atoms with van der Waals surface area (Å²) in [4.78, 5) is 0. The molecule has 0 saturated heterocycles. The van der Waals surface area contributed by atoms with Crippen molar-refractivity contribution >= 4 is 0 Å². The van der Waals surface area contributed by atoms with E-state index < -0.39 is 5.60 Å². The third kappa shape index (κ3) is 84.4. The van der Waals surface area contributed by atoms with Gasteiger partial charge < -0.3 is 5.11 Å². The zero-order chi connectivity index (χ0) is 4.50. The molecule has 0 aromatic rings. The molecule has 0 spiro atoms. The summed E-state index contributed by atoms with van der Waals surface area (Å²) in [6, 6.07) is 0. The monoisotopic (exact) mass is 88.1 g/mol. The van der Waals surface area contributed by atoms with Gasteiger partial charge in [0.05, 0.1) is 0 Å². The van der Waals surface area contributed by atoms with Crippen molar-refractivity contribution in [2.75, 3.05) is 0 Å².